The lowest BCUT2D eigenvalue weighted by Crippen LogP contribution is -2.18. The molecule has 2 aromatic rings. The molecule has 1 amide bonds. The second-order valence-corrected chi connectivity index (χ2v) is 5.05. The first-order chi connectivity index (χ1) is 10.0. The third kappa shape index (κ3) is 3.61. The van der Waals surface area contributed by atoms with Gasteiger partial charge in [0.25, 0.3) is 0 Å². The maximum absolute atomic E-state index is 12.6. The number of nitrogens with one attached hydrogen (secondary N) is 1. The van der Waals surface area contributed by atoms with Crippen LogP contribution >= 0.6 is 23.2 Å². The summed E-state index contributed by atoms with van der Waals surface area (Å²) in [5.41, 5.74) is 0.779. The number of aliphatic hydroxyl groups excluding tert-OH is 1. The van der Waals surface area contributed by atoms with Crippen LogP contribution in [0.3, 0.4) is 0 Å². The van der Waals surface area contributed by atoms with Crippen LogP contribution in [0.15, 0.2) is 42.5 Å². The van der Waals surface area contributed by atoms with Gasteiger partial charge in [0.05, 0.1) is 10.7 Å². The Hall–Kier alpha value is -1.88. The standard InChI is InChI=1S/C15H11Cl2NO3/c16-9-5-6-13(18-14(20)8-19)11(7-9)15(21)10-3-1-2-4-12(10)17/h1-7,19H,8H2,(H,18,20). The van der Waals surface area contributed by atoms with E-state index in [0.717, 1.165) is 0 Å². The Morgan fingerprint density at radius 2 is 1.76 bits per heavy atom. The maximum atomic E-state index is 12.6. The van der Waals surface area contributed by atoms with E-state index in [2.05, 4.69) is 5.32 Å². The number of ketones is 1. The van der Waals surface area contributed by atoms with Gasteiger partial charge in [0.2, 0.25) is 5.91 Å². The van der Waals surface area contributed by atoms with Crippen molar-refractivity contribution in [3.8, 4) is 0 Å². The second-order valence-electron chi connectivity index (χ2n) is 4.21. The summed E-state index contributed by atoms with van der Waals surface area (Å²) in [6.45, 7) is -0.678. The van der Waals surface area contributed by atoms with Gasteiger partial charge >= 0.3 is 0 Å². The monoisotopic (exact) mass is 323 g/mol. The van der Waals surface area contributed by atoms with E-state index in [-0.39, 0.29) is 17.0 Å². The average molecular weight is 324 g/mol. The minimum Gasteiger partial charge on any atom is -0.387 e. The van der Waals surface area contributed by atoms with Gasteiger partial charge in [0, 0.05) is 16.1 Å². The number of aliphatic hydroxyl groups is 1. The van der Waals surface area contributed by atoms with Gasteiger partial charge in [-0.25, -0.2) is 0 Å². The fraction of sp³-hybridized carbons (Fsp3) is 0.0667. The van der Waals surface area contributed by atoms with Crippen LogP contribution < -0.4 is 5.32 Å². The summed E-state index contributed by atoms with van der Waals surface area (Å²) < 4.78 is 0. The molecule has 0 unspecified atom stereocenters. The molecule has 2 N–H and O–H groups in total. The Bertz CT molecular complexity index is 701. The number of amides is 1. The molecule has 0 bridgehead atoms. The Balaban J connectivity index is 2.47. The van der Waals surface area contributed by atoms with Crippen LogP contribution in [0.4, 0.5) is 5.69 Å². The van der Waals surface area contributed by atoms with E-state index in [1.807, 2.05) is 0 Å². The lowest BCUT2D eigenvalue weighted by atomic mass is 10.0. The zero-order chi connectivity index (χ0) is 15.4. The van der Waals surface area contributed by atoms with Gasteiger partial charge in [0.15, 0.2) is 5.78 Å². The zero-order valence-corrected chi connectivity index (χ0v) is 12.3. The van der Waals surface area contributed by atoms with E-state index < -0.39 is 12.5 Å². The van der Waals surface area contributed by atoms with Gasteiger partial charge in [-0.3, -0.25) is 9.59 Å². The Morgan fingerprint density at radius 1 is 1.05 bits per heavy atom. The minimum atomic E-state index is -0.678. The minimum absolute atomic E-state index is 0.206. The first-order valence-electron chi connectivity index (χ1n) is 6.02. The summed E-state index contributed by atoms with van der Waals surface area (Å²) in [5, 5.41) is 11.9. The molecule has 6 heteroatoms. The third-order valence-electron chi connectivity index (χ3n) is 2.76. The van der Waals surface area contributed by atoms with Crippen molar-refractivity contribution in [3.63, 3.8) is 0 Å². The molecule has 4 nitrogen and oxygen atoms in total. The molecule has 0 saturated carbocycles. The Labute approximate surface area is 131 Å². The van der Waals surface area contributed by atoms with E-state index in [9.17, 15) is 9.59 Å². The van der Waals surface area contributed by atoms with E-state index in [1.165, 1.54) is 18.2 Å². The maximum Gasteiger partial charge on any atom is 0.250 e. The molecule has 0 aliphatic carbocycles. The molecule has 0 saturated heterocycles. The average Bonchev–Trinajstić information content (AvgIpc) is 2.48. The first kappa shape index (κ1) is 15.5. The molecule has 108 valence electrons. The van der Waals surface area contributed by atoms with Crippen molar-refractivity contribution < 1.29 is 14.7 Å². The van der Waals surface area contributed by atoms with Crippen LogP contribution in [0.2, 0.25) is 10.0 Å². The highest BCUT2D eigenvalue weighted by Crippen LogP contribution is 2.26. The van der Waals surface area contributed by atoms with E-state index in [0.29, 0.717) is 15.6 Å². The Morgan fingerprint density at radius 3 is 2.43 bits per heavy atom. The van der Waals surface area contributed by atoms with Crippen LogP contribution in [-0.2, 0) is 4.79 Å². The van der Waals surface area contributed by atoms with Crippen molar-refractivity contribution in [2.24, 2.45) is 0 Å². The van der Waals surface area contributed by atoms with Crippen molar-refractivity contribution in [1.82, 2.24) is 0 Å². The number of anilines is 1. The van der Waals surface area contributed by atoms with Gasteiger partial charge < -0.3 is 10.4 Å². The molecule has 0 spiro atoms. The van der Waals surface area contributed by atoms with Crippen LogP contribution in [0.1, 0.15) is 15.9 Å². The largest absolute Gasteiger partial charge is 0.387 e. The predicted molar refractivity (Wildman–Crippen MR) is 82.1 cm³/mol. The van der Waals surface area contributed by atoms with Crippen LogP contribution in [0.25, 0.3) is 0 Å². The van der Waals surface area contributed by atoms with Crippen molar-refractivity contribution in [3.05, 3.63) is 63.6 Å². The zero-order valence-electron chi connectivity index (χ0n) is 10.8. The number of benzene rings is 2. The van der Waals surface area contributed by atoms with Crippen molar-refractivity contribution >= 4 is 40.6 Å². The molecule has 0 atom stereocenters. The number of hydrogen-bond donors (Lipinski definition) is 2. The molecular weight excluding hydrogens is 313 g/mol. The van der Waals surface area contributed by atoms with Crippen LogP contribution in [0.5, 0.6) is 0 Å². The van der Waals surface area contributed by atoms with Gasteiger partial charge in [-0.05, 0) is 30.3 Å². The molecular formula is C15H11Cl2NO3. The van der Waals surface area contributed by atoms with E-state index >= 15 is 0 Å². The quantitative estimate of drug-likeness (QED) is 0.849. The predicted octanol–water partition coefficient (Wildman–Crippen LogP) is 3.16. The number of carbonyl (C=O) groups excluding carboxylic acids is 2. The van der Waals surface area contributed by atoms with Gasteiger partial charge in [-0.2, -0.15) is 0 Å². The first-order valence-corrected chi connectivity index (χ1v) is 6.78. The molecule has 2 aromatic carbocycles. The number of carbonyl (C=O) groups is 2. The fourth-order valence-corrected chi connectivity index (χ4v) is 2.19. The molecule has 0 aliphatic heterocycles. The lowest BCUT2D eigenvalue weighted by Gasteiger charge is -2.11. The molecule has 0 radical (unpaired) electrons. The van der Waals surface area contributed by atoms with Gasteiger partial charge in [0.1, 0.15) is 6.61 Å². The molecule has 0 fully saturated rings. The van der Waals surface area contributed by atoms with Gasteiger partial charge in [-0.15, -0.1) is 0 Å². The molecule has 0 aliphatic rings. The molecule has 0 aromatic heterocycles. The molecule has 21 heavy (non-hydrogen) atoms. The summed E-state index contributed by atoms with van der Waals surface area (Å²) in [6, 6.07) is 11.1. The Kier molecular flexibility index (Phi) is 4.96. The summed E-state index contributed by atoms with van der Waals surface area (Å²) in [7, 11) is 0. The fourth-order valence-electron chi connectivity index (χ4n) is 1.79. The molecule has 2 rings (SSSR count). The number of rotatable bonds is 4. The van der Waals surface area contributed by atoms with Crippen molar-refractivity contribution in [2.45, 2.75) is 0 Å². The number of halogens is 2. The second kappa shape index (κ2) is 6.72. The highest BCUT2D eigenvalue weighted by molar-refractivity contribution is 6.36. The summed E-state index contributed by atoms with van der Waals surface area (Å²) >= 11 is 11.9. The van der Waals surface area contributed by atoms with Crippen LogP contribution in [-0.4, -0.2) is 23.4 Å². The highest BCUT2D eigenvalue weighted by Gasteiger charge is 2.17. The normalized spacial score (nSPS) is 10.2. The SMILES string of the molecule is O=C(CO)Nc1ccc(Cl)cc1C(=O)c1ccccc1Cl. The summed E-state index contributed by atoms with van der Waals surface area (Å²) in [6.07, 6.45) is 0. The smallest absolute Gasteiger partial charge is 0.250 e. The van der Waals surface area contributed by atoms with E-state index in [4.69, 9.17) is 28.3 Å². The summed E-state index contributed by atoms with van der Waals surface area (Å²) in [4.78, 5) is 23.9. The van der Waals surface area contributed by atoms with Crippen molar-refractivity contribution in [1.29, 1.82) is 0 Å². The topological polar surface area (TPSA) is 66.4 Å². The summed E-state index contributed by atoms with van der Waals surface area (Å²) in [5.74, 6) is -0.984. The molecule has 0 heterocycles. The third-order valence-corrected chi connectivity index (χ3v) is 3.33. The van der Waals surface area contributed by atoms with E-state index in [1.54, 1.807) is 24.3 Å². The van der Waals surface area contributed by atoms with Gasteiger partial charge in [-0.1, -0.05) is 35.3 Å². The highest BCUT2D eigenvalue weighted by atomic mass is 35.5. The van der Waals surface area contributed by atoms with Crippen molar-refractivity contribution in [2.75, 3.05) is 11.9 Å². The lowest BCUT2D eigenvalue weighted by molar-refractivity contribution is -0.118. The number of hydrogen-bond acceptors (Lipinski definition) is 3. The van der Waals surface area contributed by atoms with Crippen LogP contribution in [0, 0.1) is 0 Å².